The maximum atomic E-state index is 12.3. The molecule has 0 radical (unpaired) electrons. The van der Waals surface area contributed by atoms with E-state index in [0.717, 1.165) is 38.3 Å². The lowest BCUT2D eigenvalue weighted by molar-refractivity contribution is 0.102. The Morgan fingerprint density at radius 3 is 2.78 bits per heavy atom. The first-order valence-electron chi connectivity index (χ1n) is 7.80. The SMILES string of the molecule is Cc1nc(NC(=O)c2cccc(CN3CCN(C)CC3)c2)n[nH]1. The summed E-state index contributed by atoms with van der Waals surface area (Å²) in [5.74, 6) is 0.783. The Labute approximate surface area is 135 Å². The molecule has 0 unspecified atom stereocenters. The lowest BCUT2D eigenvalue weighted by Crippen LogP contribution is -2.43. The first-order valence-corrected chi connectivity index (χ1v) is 7.80. The molecule has 0 atom stereocenters. The van der Waals surface area contributed by atoms with Crippen molar-refractivity contribution < 1.29 is 4.79 Å². The number of piperazine rings is 1. The van der Waals surface area contributed by atoms with Crippen LogP contribution in [0.4, 0.5) is 5.95 Å². The summed E-state index contributed by atoms with van der Waals surface area (Å²) in [7, 11) is 2.15. The van der Waals surface area contributed by atoms with Crippen molar-refractivity contribution in [1.29, 1.82) is 0 Å². The number of benzene rings is 1. The van der Waals surface area contributed by atoms with Gasteiger partial charge in [-0.05, 0) is 31.7 Å². The highest BCUT2D eigenvalue weighted by atomic mass is 16.1. The van der Waals surface area contributed by atoms with Crippen LogP contribution in [0.3, 0.4) is 0 Å². The molecule has 1 fully saturated rings. The largest absolute Gasteiger partial charge is 0.304 e. The molecule has 7 nitrogen and oxygen atoms in total. The molecule has 2 heterocycles. The Kier molecular flexibility index (Phi) is 4.68. The zero-order chi connectivity index (χ0) is 16.2. The van der Waals surface area contributed by atoms with Gasteiger partial charge in [0.05, 0.1) is 0 Å². The number of carbonyl (C=O) groups excluding carboxylic acids is 1. The maximum absolute atomic E-state index is 12.3. The Balaban J connectivity index is 1.63. The van der Waals surface area contributed by atoms with E-state index in [1.165, 1.54) is 0 Å². The number of aromatic amines is 1. The van der Waals surface area contributed by atoms with Gasteiger partial charge in [0, 0.05) is 38.3 Å². The number of hydrogen-bond acceptors (Lipinski definition) is 5. The zero-order valence-electron chi connectivity index (χ0n) is 13.5. The van der Waals surface area contributed by atoms with Crippen molar-refractivity contribution in [2.45, 2.75) is 13.5 Å². The predicted molar refractivity (Wildman–Crippen MR) is 88.3 cm³/mol. The third kappa shape index (κ3) is 4.14. The van der Waals surface area contributed by atoms with Gasteiger partial charge in [-0.2, -0.15) is 4.98 Å². The van der Waals surface area contributed by atoms with E-state index in [1.54, 1.807) is 6.92 Å². The number of nitrogens with one attached hydrogen (secondary N) is 2. The van der Waals surface area contributed by atoms with Crippen LogP contribution in [0.5, 0.6) is 0 Å². The van der Waals surface area contributed by atoms with Gasteiger partial charge < -0.3 is 4.90 Å². The van der Waals surface area contributed by atoms with Crippen LogP contribution in [-0.2, 0) is 6.54 Å². The fraction of sp³-hybridized carbons (Fsp3) is 0.438. The van der Waals surface area contributed by atoms with Crippen LogP contribution in [0.1, 0.15) is 21.7 Å². The Morgan fingerprint density at radius 1 is 1.30 bits per heavy atom. The summed E-state index contributed by atoms with van der Waals surface area (Å²) >= 11 is 0. The van der Waals surface area contributed by atoms with Crippen LogP contribution in [0.25, 0.3) is 0 Å². The van der Waals surface area contributed by atoms with Crippen LogP contribution >= 0.6 is 0 Å². The standard InChI is InChI=1S/C16H22N6O/c1-12-17-16(20-19-12)18-15(23)14-5-3-4-13(10-14)11-22-8-6-21(2)7-9-22/h3-5,10H,6-9,11H2,1-2H3,(H2,17,18,19,20,23). The predicted octanol–water partition coefficient (Wildman–Crippen LogP) is 1.11. The Hall–Kier alpha value is -2.25. The van der Waals surface area contributed by atoms with Crippen LogP contribution in [0.2, 0.25) is 0 Å². The molecule has 1 aliphatic heterocycles. The highest BCUT2D eigenvalue weighted by Crippen LogP contribution is 2.11. The number of aryl methyl sites for hydroxylation is 1. The quantitative estimate of drug-likeness (QED) is 0.884. The minimum absolute atomic E-state index is 0.191. The third-order valence-electron chi connectivity index (χ3n) is 4.01. The van der Waals surface area contributed by atoms with Crippen LogP contribution in [-0.4, -0.2) is 64.1 Å². The van der Waals surface area contributed by atoms with E-state index in [2.05, 4.69) is 43.4 Å². The molecule has 0 spiro atoms. The van der Waals surface area contributed by atoms with Crippen molar-refractivity contribution in [2.75, 3.05) is 38.5 Å². The van der Waals surface area contributed by atoms with E-state index in [-0.39, 0.29) is 5.91 Å². The maximum Gasteiger partial charge on any atom is 0.258 e. The number of amides is 1. The molecule has 0 saturated carbocycles. The minimum Gasteiger partial charge on any atom is -0.304 e. The van der Waals surface area contributed by atoms with Gasteiger partial charge in [0.1, 0.15) is 5.82 Å². The van der Waals surface area contributed by atoms with Crippen molar-refractivity contribution in [3.8, 4) is 0 Å². The summed E-state index contributed by atoms with van der Waals surface area (Å²) in [5.41, 5.74) is 1.77. The van der Waals surface area contributed by atoms with E-state index in [9.17, 15) is 4.79 Å². The molecular weight excluding hydrogens is 292 g/mol. The van der Waals surface area contributed by atoms with Crippen LogP contribution in [0.15, 0.2) is 24.3 Å². The van der Waals surface area contributed by atoms with E-state index >= 15 is 0 Å². The molecule has 122 valence electrons. The molecule has 1 aromatic carbocycles. The van der Waals surface area contributed by atoms with Gasteiger partial charge in [-0.25, -0.2) is 0 Å². The molecule has 0 bridgehead atoms. The first kappa shape index (κ1) is 15.6. The van der Waals surface area contributed by atoms with Gasteiger partial charge in [-0.3, -0.25) is 20.1 Å². The van der Waals surface area contributed by atoms with Gasteiger partial charge in [-0.1, -0.05) is 12.1 Å². The van der Waals surface area contributed by atoms with Crippen molar-refractivity contribution in [3.05, 3.63) is 41.2 Å². The molecule has 3 rings (SSSR count). The summed E-state index contributed by atoms with van der Waals surface area (Å²) in [4.78, 5) is 21.1. The topological polar surface area (TPSA) is 77.2 Å². The Morgan fingerprint density at radius 2 is 2.09 bits per heavy atom. The molecular formula is C16H22N6O. The van der Waals surface area contributed by atoms with Gasteiger partial charge in [0.15, 0.2) is 0 Å². The summed E-state index contributed by atoms with van der Waals surface area (Å²) in [6.45, 7) is 6.95. The fourth-order valence-corrected chi connectivity index (χ4v) is 2.65. The molecule has 2 aromatic rings. The second kappa shape index (κ2) is 6.89. The number of aromatic nitrogens is 3. The van der Waals surface area contributed by atoms with Crippen molar-refractivity contribution >= 4 is 11.9 Å². The first-order chi connectivity index (χ1) is 11.1. The molecule has 1 saturated heterocycles. The summed E-state index contributed by atoms with van der Waals surface area (Å²) < 4.78 is 0. The van der Waals surface area contributed by atoms with Crippen molar-refractivity contribution in [2.24, 2.45) is 0 Å². The van der Waals surface area contributed by atoms with E-state index in [4.69, 9.17) is 0 Å². The van der Waals surface area contributed by atoms with E-state index in [0.29, 0.717) is 17.3 Å². The number of carbonyl (C=O) groups is 1. The van der Waals surface area contributed by atoms with E-state index < -0.39 is 0 Å². The highest BCUT2D eigenvalue weighted by Gasteiger charge is 2.15. The summed E-state index contributed by atoms with van der Waals surface area (Å²) in [6, 6.07) is 7.73. The fourth-order valence-electron chi connectivity index (χ4n) is 2.65. The third-order valence-corrected chi connectivity index (χ3v) is 4.01. The summed E-state index contributed by atoms with van der Waals surface area (Å²) in [5, 5.41) is 9.33. The van der Waals surface area contributed by atoms with E-state index in [1.807, 2.05) is 18.2 Å². The number of rotatable bonds is 4. The number of likely N-dealkylation sites (N-methyl/N-ethyl adjacent to an activating group) is 1. The lowest BCUT2D eigenvalue weighted by Gasteiger charge is -2.32. The molecule has 7 heteroatoms. The molecule has 1 aromatic heterocycles. The number of H-pyrrole nitrogens is 1. The molecule has 0 aliphatic carbocycles. The molecule has 2 N–H and O–H groups in total. The lowest BCUT2D eigenvalue weighted by atomic mass is 10.1. The normalized spacial score (nSPS) is 16.4. The van der Waals surface area contributed by atoms with Gasteiger partial charge in [-0.15, -0.1) is 5.10 Å². The summed E-state index contributed by atoms with van der Waals surface area (Å²) in [6.07, 6.45) is 0. The van der Waals surface area contributed by atoms with Crippen LogP contribution < -0.4 is 5.32 Å². The molecule has 1 amide bonds. The molecule has 23 heavy (non-hydrogen) atoms. The number of hydrogen-bond donors (Lipinski definition) is 2. The van der Waals surface area contributed by atoms with Crippen molar-refractivity contribution in [1.82, 2.24) is 25.0 Å². The van der Waals surface area contributed by atoms with Gasteiger partial charge in [0.2, 0.25) is 5.95 Å². The second-order valence-electron chi connectivity index (χ2n) is 5.98. The average molecular weight is 314 g/mol. The number of anilines is 1. The zero-order valence-corrected chi connectivity index (χ0v) is 13.5. The monoisotopic (exact) mass is 314 g/mol. The van der Waals surface area contributed by atoms with Gasteiger partial charge >= 0.3 is 0 Å². The second-order valence-corrected chi connectivity index (χ2v) is 5.98. The Bertz CT molecular complexity index is 675. The number of nitrogens with zero attached hydrogens (tertiary/aromatic N) is 4. The highest BCUT2D eigenvalue weighted by molar-refractivity contribution is 6.03. The van der Waals surface area contributed by atoms with Crippen molar-refractivity contribution in [3.63, 3.8) is 0 Å². The smallest absolute Gasteiger partial charge is 0.258 e. The average Bonchev–Trinajstić information content (AvgIpc) is 2.95. The molecule has 1 aliphatic rings. The van der Waals surface area contributed by atoms with Crippen LogP contribution in [0, 0.1) is 6.92 Å². The van der Waals surface area contributed by atoms with Gasteiger partial charge in [0.25, 0.3) is 5.91 Å². The minimum atomic E-state index is -0.191.